The first-order chi connectivity index (χ1) is 12.5. The van der Waals surface area contributed by atoms with Gasteiger partial charge in [-0.15, -0.1) is 0 Å². The highest BCUT2D eigenvalue weighted by atomic mass is 35.5. The molecule has 1 aromatic carbocycles. The first kappa shape index (κ1) is 17.5. The molecule has 1 aliphatic carbocycles. The van der Waals surface area contributed by atoms with Crippen LogP contribution in [0, 0.1) is 5.82 Å². The summed E-state index contributed by atoms with van der Waals surface area (Å²) in [7, 11) is 0. The van der Waals surface area contributed by atoms with Crippen LogP contribution in [0.15, 0.2) is 41.2 Å². The van der Waals surface area contributed by atoms with Crippen LogP contribution in [0.5, 0.6) is 0 Å². The van der Waals surface area contributed by atoms with Gasteiger partial charge in [-0.2, -0.15) is 0 Å². The van der Waals surface area contributed by atoms with E-state index >= 15 is 0 Å². The van der Waals surface area contributed by atoms with Gasteiger partial charge in [-0.3, -0.25) is 10.1 Å². The quantitative estimate of drug-likeness (QED) is 0.766. The molecule has 2 aromatic rings. The predicted octanol–water partition coefficient (Wildman–Crippen LogP) is 3.55. The second kappa shape index (κ2) is 6.99. The van der Waals surface area contributed by atoms with Crippen molar-refractivity contribution in [2.75, 3.05) is 0 Å². The van der Waals surface area contributed by atoms with Gasteiger partial charge in [-0.05, 0) is 55.4 Å². The number of rotatable bonds is 4. The molecule has 1 unspecified atom stereocenters. The number of aromatic amines is 1. The Morgan fingerprint density at radius 3 is 2.62 bits per heavy atom. The maximum atomic E-state index is 13.6. The van der Waals surface area contributed by atoms with Crippen molar-refractivity contribution in [3.05, 3.63) is 74.4 Å². The van der Waals surface area contributed by atoms with E-state index in [-0.39, 0.29) is 16.6 Å². The lowest BCUT2D eigenvalue weighted by Crippen LogP contribution is -2.27. The number of halogens is 2. The van der Waals surface area contributed by atoms with Crippen LogP contribution in [0.25, 0.3) is 5.57 Å². The van der Waals surface area contributed by atoms with Crippen LogP contribution in [0.4, 0.5) is 4.39 Å². The number of hydrogen-bond donors (Lipinski definition) is 3. The third-order valence-corrected chi connectivity index (χ3v) is 5.29. The first-order valence-electron chi connectivity index (χ1n) is 8.86. The van der Waals surface area contributed by atoms with E-state index in [1.807, 2.05) is 18.2 Å². The summed E-state index contributed by atoms with van der Waals surface area (Å²) < 4.78 is 13.6. The second-order valence-electron chi connectivity index (χ2n) is 7.01. The standard InChI is InChI=1S/C20H20ClFN2O2/c21-16-9-12(3-6-17(16)22)15(10-13-4-8-19(25)23-13)18-7-5-14(11-1-2-11)20(26)24-18/h3,5-7,9-11,13,19,23,25H,1-2,4,8H2,(H,24,26)/b15-10+/t13-,19?/m1/s1. The molecule has 2 atom stereocenters. The van der Waals surface area contributed by atoms with Crippen molar-refractivity contribution in [1.82, 2.24) is 10.3 Å². The molecule has 2 aliphatic rings. The molecule has 1 saturated carbocycles. The van der Waals surface area contributed by atoms with Crippen molar-refractivity contribution < 1.29 is 9.50 Å². The van der Waals surface area contributed by atoms with E-state index in [1.165, 1.54) is 6.07 Å². The molecule has 0 spiro atoms. The molecule has 0 radical (unpaired) electrons. The van der Waals surface area contributed by atoms with Gasteiger partial charge in [0.15, 0.2) is 0 Å². The average molecular weight is 375 g/mol. The number of H-pyrrole nitrogens is 1. The topological polar surface area (TPSA) is 65.1 Å². The highest BCUT2D eigenvalue weighted by molar-refractivity contribution is 6.30. The number of hydrogen-bond acceptors (Lipinski definition) is 3. The molecule has 1 saturated heterocycles. The fourth-order valence-corrected chi connectivity index (χ4v) is 3.63. The summed E-state index contributed by atoms with van der Waals surface area (Å²) in [5.41, 5.74) is 2.88. The van der Waals surface area contributed by atoms with Gasteiger partial charge in [-0.1, -0.05) is 29.8 Å². The summed E-state index contributed by atoms with van der Waals surface area (Å²) in [6.07, 6.45) is 4.98. The van der Waals surface area contributed by atoms with Crippen molar-refractivity contribution >= 4 is 17.2 Å². The molecule has 26 heavy (non-hydrogen) atoms. The van der Waals surface area contributed by atoms with E-state index in [0.717, 1.165) is 36.0 Å². The summed E-state index contributed by atoms with van der Waals surface area (Å²) in [6, 6.07) is 8.26. The van der Waals surface area contributed by atoms with Gasteiger partial charge in [0, 0.05) is 22.9 Å². The van der Waals surface area contributed by atoms with E-state index in [1.54, 1.807) is 12.1 Å². The molecule has 4 nitrogen and oxygen atoms in total. The Hall–Kier alpha value is -1.95. The molecule has 0 bridgehead atoms. The van der Waals surface area contributed by atoms with Crippen molar-refractivity contribution in [3.63, 3.8) is 0 Å². The molecule has 6 heteroatoms. The van der Waals surface area contributed by atoms with Crippen molar-refractivity contribution in [2.24, 2.45) is 0 Å². The largest absolute Gasteiger partial charge is 0.379 e. The van der Waals surface area contributed by atoms with Gasteiger partial charge in [-0.25, -0.2) is 4.39 Å². The molecule has 4 rings (SSSR count). The summed E-state index contributed by atoms with van der Waals surface area (Å²) in [4.78, 5) is 15.4. The number of benzene rings is 1. The Bertz CT molecular complexity index is 920. The normalized spacial score (nSPS) is 23.4. The lowest BCUT2D eigenvalue weighted by molar-refractivity contribution is 0.157. The van der Waals surface area contributed by atoms with E-state index in [0.29, 0.717) is 18.0 Å². The third-order valence-electron chi connectivity index (χ3n) is 5.00. The zero-order chi connectivity index (χ0) is 18.3. The molecule has 0 amide bonds. The average Bonchev–Trinajstić information content (AvgIpc) is 3.37. The molecule has 1 aromatic heterocycles. The van der Waals surface area contributed by atoms with Crippen LogP contribution in [-0.4, -0.2) is 22.4 Å². The SMILES string of the molecule is O=c1[nH]c(/C(=C/[C@H]2CCC(O)N2)c2ccc(F)c(Cl)c2)ccc1C1CC1. The zero-order valence-corrected chi connectivity index (χ0v) is 14.9. The smallest absolute Gasteiger partial charge is 0.251 e. The Morgan fingerprint density at radius 2 is 2.00 bits per heavy atom. The van der Waals surface area contributed by atoms with Crippen LogP contribution >= 0.6 is 11.6 Å². The summed E-state index contributed by atoms with van der Waals surface area (Å²) >= 11 is 5.96. The first-order valence-corrected chi connectivity index (χ1v) is 9.24. The van der Waals surface area contributed by atoms with Gasteiger partial charge in [0.05, 0.1) is 5.02 Å². The maximum absolute atomic E-state index is 13.6. The van der Waals surface area contributed by atoms with Gasteiger partial charge >= 0.3 is 0 Å². The molecular weight excluding hydrogens is 355 g/mol. The van der Waals surface area contributed by atoms with Crippen molar-refractivity contribution in [3.8, 4) is 0 Å². The third kappa shape index (κ3) is 3.61. The minimum atomic E-state index is -0.536. The minimum Gasteiger partial charge on any atom is -0.379 e. The summed E-state index contributed by atoms with van der Waals surface area (Å²) in [5, 5.41) is 12.8. The number of nitrogens with one attached hydrogen (secondary N) is 2. The van der Waals surface area contributed by atoms with Crippen LogP contribution in [-0.2, 0) is 0 Å². The Balaban J connectivity index is 1.77. The lowest BCUT2D eigenvalue weighted by Gasteiger charge is -2.14. The van der Waals surface area contributed by atoms with E-state index in [4.69, 9.17) is 11.6 Å². The Kier molecular flexibility index (Phi) is 4.69. The van der Waals surface area contributed by atoms with E-state index in [9.17, 15) is 14.3 Å². The maximum Gasteiger partial charge on any atom is 0.251 e. The molecule has 2 heterocycles. The summed E-state index contributed by atoms with van der Waals surface area (Å²) in [6.45, 7) is 0. The number of aliphatic hydroxyl groups is 1. The molecule has 2 fully saturated rings. The van der Waals surface area contributed by atoms with Gasteiger partial charge in [0.2, 0.25) is 0 Å². The molecule has 3 N–H and O–H groups in total. The van der Waals surface area contributed by atoms with E-state index < -0.39 is 12.0 Å². The lowest BCUT2D eigenvalue weighted by atomic mass is 9.98. The van der Waals surface area contributed by atoms with Crippen LogP contribution in [0.3, 0.4) is 0 Å². The van der Waals surface area contributed by atoms with Crippen molar-refractivity contribution in [1.29, 1.82) is 0 Å². The highest BCUT2D eigenvalue weighted by Gasteiger charge is 2.27. The fraction of sp³-hybridized carbons (Fsp3) is 0.350. The Morgan fingerprint density at radius 1 is 1.19 bits per heavy atom. The molecule has 1 aliphatic heterocycles. The van der Waals surface area contributed by atoms with Crippen LogP contribution in [0.2, 0.25) is 5.02 Å². The zero-order valence-electron chi connectivity index (χ0n) is 14.1. The van der Waals surface area contributed by atoms with Crippen LogP contribution < -0.4 is 10.9 Å². The monoisotopic (exact) mass is 374 g/mol. The van der Waals surface area contributed by atoms with Gasteiger partial charge < -0.3 is 10.1 Å². The van der Waals surface area contributed by atoms with Gasteiger partial charge in [0.25, 0.3) is 5.56 Å². The Labute approximate surface area is 155 Å². The number of aromatic nitrogens is 1. The fourth-order valence-electron chi connectivity index (χ4n) is 3.45. The number of aliphatic hydroxyl groups excluding tert-OH is 1. The minimum absolute atomic E-state index is 0.0320. The molecular formula is C20H20ClFN2O2. The summed E-state index contributed by atoms with van der Waals surface area (Å²) in [5.74, 6) is -0.117. The van der Waals surface area contributed by atoms with Crippen molar-refractivity contribution in [2.45, 2.75) is 43.9 Å². The van der Waals surface area contributed by atoms with Gasteiger partial charge in [0.1, 0.15) is 12.0 Å². The highest BCUT2D eigenvalue weighted by Crippen LogP contribution is 2.38. The predicted molar refractivity (Wildman–Crippen MR) is 99.7 cm³/mol. The van der Waals surface area contributed by atoms with E-state index in [2.05, 4.69) is 10.3 Å². The number of pyridine rings is 1. The van der Waals surface area contributed by atoms with Crippen LogP contribution in [0.1, 0.15) is 48.4 Å². The second-order valence-corrected chi connectivity index (χ2v) is 7.41. The molecule has 136 valence electrons.